The maximum atomic E-state index is 11.9. The van der Waals surface area contributed by atoms with E-state index >= 15 is 0 Å². The molecule has 4 heteroatoms. The summed E-state index contributed by atoms with van der Waals surface area (Å²) in [4.78, 5) is 16.0. The van der Waals surface area contributed by atoms with Gasteiger partial charge < -0.3 is 10.1 Å². The van der Waals surface area contributed by atoms with Crippen LogP contribution in [-0.4, -0.2) is 17.5 Å². The quantitative estimate of drug-likeness (QED) is 0.908. The second-order valence-corrected chi connectivity index (χ2v) is 5.02. The largest absolute Gasteiger partial charge is 0.484 e. The number of nitrogens with zero attached hydrogens (tertiary/aromatic N) is 1. The molecule has 2 aromatic rings. The van der Waals surface area contributed by atoms with E-state index in [1.165, 1.54) is 0 Å². The second kappa shape index (κ2) is 6.19. The smallest absolute Gasteiger partial charge is 0.258 e. The van der Waals surface area contributed by atoms with Crippen molar-refractivity contribution in [3.8, 4) is 5.75 Å². The molecule has 20 heavy (non-hydrogen) atoms. The fraction of sp³-hybridized carbons (Fsp3) is 0.250. The monoisotopic (exact) mass is 270 g/mol. The van der Waals surface area contributed by atoms with Gasteiger partial charge >= 0.3 is 0 Å². The third-order valence-corrected chi connectivity index (χ3v) is 2.95. The van der Waals surface area contributed by atoms with E-state index in [1.807, 2.05) is 56.3 Å². The van der Waals surface area contributed by atoms with Crippen molar-refractivity contribution in [2.45, 2.75) is 19.4 Å². The SMILES string of the molecule is CC(C)(NC(=O)COc1ccccc1)c1cccnc1. The number of nitrogens with one attached hydrogen (secondary N) is 1. The summed E-state index contributed by atoms with van der Waals surface area (Å²) in [5.74, 6) is 0.518. The molecular weight excluding hydrogens is 252 g/mol. The van der Waals surface area contributed by atoms with E-state index in [4.69, 9.17) is 4.74 Å². The molecule has 0 bridgehead atoms. The minimum atomic E-state index is -0.481. The molecule has 0 fully saturated rings. The normalized spacial score (nSPS) is 10.9. The van der Waals surface area contributed by atoms with Crippen molar-refractivity contribution in [3.63, 3.8) is 0 Å². The zero-order chi connectivity index (χ0) is 14.4. The predicted molar refractivity (Wildman–Crippen MR) is 77.3 cm³/mol. The van der Waals surface area contributed by atoms with Gasteiger partial charge in [-0.05, 0) is 37.6 Å². The minimum Gasteiger partial charge on any atom is -0.484 e. The van der Waals surface area contributed by atoms with Crippen LogP contribution >= 0.6 is 0 Å². The van der Waals surface area contributed by atoms with Crippen LogP contribution in [0.1, 0.15) is 19.4 Å². The van der Waals surface area contributed by atoms with Crippen LogP contribution in [0.3, 0.4) is 0 Å². The third kappa shape index (κ3) is 3.82. The fourth-order valence-corrected chi connectivity index (χ4v) is 1.85. The molecule has 0 aliphatic carbocycles. The fourth-order valence-electron chi connectivity index (χ4n) is 1.85. The summed E-state index contributed by atoms with van der Waals surface area (Å²) in [6.07, 6.45) is 3.46. The molecule has 4 nitrogen and oxygen atoms in total. The van der Waals surface area contributed by atoms with Crippen LogP contribution in [0.15, 0.2) is 54.9 Å². The number of hydrogen-bond acceptors (Lipinski definition) is 3. The van der Waals surface area contributed by atoms with E-state index < -0.39 is 5.54 Å². The van der Waals surface area contributed by atoms with Crippen LogP contribution in [0.5, 0.6) is 5.75 Å². The topological polar surface area (TPSA) is 51.2 Å². The Labute approximate surface area is 118 Å². The Hall–Kier alpha value is -2.36. The number of amides is 1. The molecule has 0 unspecified atom stereocenters. The molecule has 0 radical (unpaired) electrons. The summed E-state index contributed by atoms with van der Waals surface area (Å²) in [7, 11) is 0. The average Bonchev–Trinajstić information content (AvgIpc) is 2.47. The Morgan fingerprint density at radius 1 is 1.20 bits per heavy atom. The number of aromatic nitrogens is 1. The van der Waals surface area contributed by atoms with Gasteiger partial charge in [0.1, 0.15) is 5.75 Å². The average molecular weight is 270 g/mol. The van der Waals surface area contributed by atoms with Gasteiger partial charge in [-0.25, -0.2) is 0 Å². The highest BCUT2D eigenvalue weighted by Crippen LogP contribution is 2.18. The number of benzene rings is 1. The van der Waals surface area contributed by atoms with Crippen LogP contribution in [0.4, 0.5) is 0 Å². The van der Waals surface area contributed by atoms with E-state index in [0.717, 1.165) is 5.56 Å². The zero-order valence-electron chi connectivity index (χ0n) is 11.7. The van der Waals surface area contributed by atoms with Gasteiger partial charge in [0.25, 0.3) is 5.91 Å². The Bertz CT molecular complexity index is 553. The second-order valence-electron chi connectivity index (χ2n) is 5.02. The summed E-state index contributed by atoms with van der Waals surface area (Å²) in [5.41, 5.74) is 0.471. The lowest BCUT2D eigenvalue weighted by Gasteiger charge is -2.26. The van der Waals surface area contributed by atoms with Crippen molar-refractivity contribution < 1.29 is 9.53 Å². The van der Waals surface area contributed by atoms with Gasteiger partial charge in [-0.15, -0.1) is 0 Å². The van der Waals surface area contributed by atoms with E-state index in [0.29, 0.717) is 5.75 Å². The van der Waals surface area contributed by atoms with E-state index in [2.05, 4.69) is 10.3 Å². The Morgan fingerprint density at radius 2 is 1.95 bits per heavy atom. The van der Waals surface area contributed by atoms with Gasteiger partial charge in [0.2, 0.25) is 0 Å². The highest BCUT2D eigenvalue weighted by molar-refractivity contribution is 5.78. The number of carbonyl (C=O) groups excluding carboxylic acids is 1. The van der Waals surface area contributed by atoms with Crippen LogP contribution in [-0.2, 0) is 10.3 Å². The zero-order valence-corrected chi connectivity index (χ0v) is 11.7. The summed E-state index contributed by atoms with van der Waals surface area (Å²) >= 11 is 0. The lowest BCUT2D eigenvalue weighted by Crippen LogP contribution is -2.43. The summed E-state index contributed by atoms with van der Waals surface area (Å²) in [6.45, 7) is 3.86. The first kappa shape index (κ1) is 14.1. The predicted octanol–water partition coefficient (Wildman–Crippen LogP) is 2.51. The molecule has 104 valence electrons. The lowest BCUT2D eigenvalue weighted by molar-refractivity contribution is -0.124. The molecule has 0 aliphatic heterocycles. The van der Waals surface area contributed by atoms with Gasteiger partial charge in [0, 0.05) is 12.4 Å². The Kier molecular flexibility index (Phi) is 4.35. The molecule has 1 heterocycles. The maximum Gasteiger partial charge on any atom is 0.258 e. The molecule has 0 saturated heterocycles. The molecule has 1 aromatic carbocycles. The van der Waals surface area contributed by atoms with E-state index in [-0.39, 0.29) is 12.5 Å². The van der Waals surface area contributed by atoms with E-state index in [1.54, 1.807) is 12.4 Å². The summed E-state index contributed by atoms with van der Waals surface area (Å²) < 4.78 is 5.42. The van der Waals surface area contributed by atoms with Crippen LogP contribution in [0.2, 0.25) is 0 Å². The molecule has 1 amide bonds. The molecule has 0 spiro atoms. The van der Waals surface area contributed by atoms with Crippen molar-refractivity contribution >= 4 is 5.91 Å². The lowest BCUT2D eigenvalue weighted by atomic mass is 9.96. The van der Waals surface area contributed by atoms with Gasteiger partial charge in [-0.1, -0.05) is 24.3 Å². The van der Waals surface area contributed by atoms with Gasteiger partial charge in [0.15, 0.2) is 6.61 Å². The summed E-state index contributed by atoms with van der Waals surface area (Å²) in [6, 6.07) is 13.1. The molecule has 2 rings (SSSR count). The molecule has 1 N–H and O–H groups in total. The molecule has 0 aliphatic rings. The van der Waals surface area contributed by atoms with E-state index in [9.17, 15) is 4.79 Å². The van der Waals surface area contributed by atoms with Crippen molar-refractivity contribution in [1.82, 2.24) is 10.3 Å². The van der Waals surface area contributed by atoms with Crippen molar-refractivity contribution in [2.75, 3.05) is 6.61 Å². The van der Waals surface area contributed by atoms with Crippen molar-refractivity contribution in [2.24, 2.45) is 0 Å². The van der Waals surface area contributed by atoms with Gasteiger partial charge in [0.05, 0.1) is 5.54 Å². The maximum absolute atomic E-state index is 11.9. The van der Waals surface area contributed by atoms with Gasteiger partial charge in [-0.2, -0.15) is 0 Å². The first-order valence-electron chi connectivity index (χ1n) is 6.47. The number of ether oxygens (including phenoxy) is 1. The third-order valence-electron chi connectivity index (χ3n) is 2.95. The minimum absolute atomic E-state index is 0.00624. The highest BCUT2D eigenvalue weighted by Gasteiger charge is 2.22. The molecule has 0 atom stereocenters. The molecule has 1 aromatic heterocycles. The number of pyridine rings is 1. The Morgan fingerprint density at radius 3 is 2.60 bits per heavy atom. The Balaban J connectivity index is 1.91. The first-order valence-corrected chi connectivity index (χ1v) is 6.47. The highest BCUT2D eigenvalue weighted by atomic mass is 16.5. The number of para-hydroxylation sites is 1. The van der Waals surface area contributed by atoms with Crippen LogP contribution in [0, 0.1) is 0 Å². The molecular formula is C16H18N2O2. The van der Waals surface area contributed by atoms with Crippen molar-refractivity contribution in [1.29, 1.82) is 0 Å². The number of rotatable bonds is 5. The number of carbonyl (C=O) groups is 1. The molecule has 0 saturated carbocycles. The number of hydrogen-bond donors (Lipinski definition) is 1. The van der Waals surface area contributed by atoms with Crippen LogP contribution in [0.25, 0.3) is 0 Å². The van der Waals surface area contributed by atoms with Crippen LogP contribution < -0.4 is 10.1 Å². The first-order chi connectivity index (χ1) is 9.58. The van der Waals surface area contributed by atoms with Crippen molar-refractivity contribution in [3.05, 3.63) is 60.4 Å². The van der Waals surface area contributed by atoms with Gasteiger partial charge in [-0.3, -0.25) is 9.78 Å². The standard InChI is InChI=1S/C16H18N2O2/c1-16(2,13-7-6-10-17-11-13)18-15(19)12-20-14-8-4-3-5-9-14/h3-11H,12H2,1-2H3,(H,18,19). The summed E-state index contributed by atoms with van der Waals surface area (Å²) in [5, 5.41) is 2.94.